The van der Waals surface area contributed by atoms with Gasteiger partial charge in [-0.3, -0.25) is 9.59 Å². The summed E-state index contributed by atoms with van der Waals surface area (Å²) >= 11 is 0. The van der Waals surface area contributed by atoms with Crippen LogP contribution in [0, 0.1) is 5.92 Å². The number of nitrogens with zero attached hydrogens (tertiary/aromatic N) is 1. The molecule has 32 heavy (non-hydrogen) atoms. The molecule has 1 aliphatic carbocycles. The lowest BCUT2D eigenvalue weighted by Crippen LogP contribution is -2.36. The first-order valence-electron chi connectivity index (χ1n) is 11.2. The molecule has 164 valence electrons. The van der Waals surface area contributed by atoms with Crippen LogP contribution in [0.3, 0.4) is 0 Å². The highest BCUT2D eigenvalue weighted by Gasteiger charge is 2.36. The van der Waals surface area contributed by atoms with Gasteiger partial charge in [0.05, 0.1) is 12.0 Å². The largest absolute Gasteiger partial charge is 0.454 e. The number of aromatic amines is 1. The van der Waals surface area contributed by atoms with Crippen LogP contribution in [0.15, 0.2) is 42.5 Å². The molecule has 0 bridgehead atoms. The average Bonchev–Trinajstić information content (AvgIpc) is 3.51. The molecule has 0 spiro atoms. The molecule has 3 heterocycles. The predicted octanol–water partition coefficient (Wildman–Crippen LogP) is 3.44. The molecule has 2 unspecified atom stereocenters. The fourth-order valence-electron chi connectivity index (χ4n) is 5.21. The Balaban J connectivity index is 1.14. The Bertz CT molecular complexity index is 1220. The van der Waals surface area contributed by atoms with E-state index in [0.29, 0.717) is 18.8 Å². The van der Waals surface area contributed by atoms with Crippen LogP contribution in [0.4, 0.5) is 0 Å². The molecule has 2 N–H and O–H groups in total. The third kappa shape index (κ3) is 3.28. The first-order valence-corrected chi connectivity index (χ1v) is 11.2. The first kappa shape index (κ1) is 19.2. The number of carbonyl (C=O) groups is 2. The number of likely N-dealkylation sites (tertiary alicyclic amines) is 1. The number of amides is 2. The number of hydrogen-bond donors (Lipinski definition) is 2. The van der Waals surface area contributed by atoms with Gasteiger partial charge in [0.15, 0.2) is 11.5 Å². The van der Waals surface area contributed by atoms with Gasteiger partial charge in [0.25, 0.3) is 0 Å². The Hall–Kier alpha value is -3.48. The van der Waals surface area contributed by atoms with Crippen molar-refractivity contribution in [2.75, 3.05) is 13.3 Å². The molecule has 1 aromatic heterocycles. The number of aryl methyl sites for hydroxylation is 1. The van der Waals surface area contributed by atoms with Crippen LogP contribution in [-0.4, -0.2) is 35.0 Å². The lowest BCUT2D eigenvalue weighted by atomic mass is 9.91. The smallest absolute Gasteiger partial charge is 0.231 e. The van der Waals surface area contributed by atoms with E-state index in [0.717, 1.165) is 41.8 Å². The molecule has 0 saturated carbocycles. The Kier molecular flexibility index (Phi) is 4.56. The van der Waals surface area contributed by atoms with E-state index in [9.17, 15) is 9.59 Å². The minimum absolute atomic E-state index is 0.0118. The summed E-state index contributed by atoms with van der Waals surface area (Å²) in [4.78, 5) is 31.0. The molecule has 3 aliphatic rings. The van der Waals surface area contributed by atoms with Crippen molar-refractivity contribution in [1.29, 1.82) is 0 Å². The molecule has 7 nitrogen and oxygen atoms in total. The van der Waals surface area contributed by atoms with E-state index < -0.39 is 0 Å². The summed E-state index contributed by atoms with van der Waals surface area (Å²) in [7, 11) is 0. The second kappa shape index (κ2) is 7.58. The quantitative estimate of drug-likeness (QED) is 0.663. The van der Waals surface area contributed by atoms with E-state index in [4.69, 9.17) is 9.47 Å². The van der Waals surface area contributed by atoms with Gasteiger partial charge in [-0.25, -0.2) is 0 Å². The molecular formula is C25H25N3O4. The van der Waals surface area contributed by atoms with E-state index in [1.54, 1.807) is 4.90 Å². The van der Waals surface area contributed by atoms with Gasteiger partial charge < -0.3 is 24.7 Å². The fourth-order valence-corrected chi connectivity index (χ4v) is 5.21. The SMILES string of the molecule is O=C(NC1CCCc2c1[nH]c1ccccc21)C1CC(=O)N(Cc2ccc3c(c2)OCO3)C1. The topological polar surface area (TPSA) is 83.7 Å². The zero-order valence-corrected chi connectivity index (χ0v) is 17.7. The number of para-hydroxylation sites is 1. The summed E-state index contributed by atoms with van der Waals surface area (Å²) in [5.74, 6) is 1.07. The van der Waals surface area contributed by atoms with Gasteiger partial charge in [-0.05, 0) is 48.6 Å². The lowest BCUT2D eigenvalue weighted by Gasteiger charge is -2.25. The van der Waals surface area contributed by atoms with Gasteiger partial charge in [-0.15, -0.1) is 0 Å². The van der Waals surface area contributed by atoms with E-state index in [-0.39, 0.29) is 37.0 Å². The summed E-state index contributed by atoms with van der Waals surface area (Å²) in [5, 5.41) is 4.47. The zero-order chi connectivity index (χ0) is 21.7. The summed E-state index contributed by atoms with van der Waals surface area (Å²) in [6.07, 6.45) is 3.23. The molecule has 1 fully saturated rings. The molecule has 1 saturated heterocycles. The van der Waals surface area contributed by atoms with Gasteiger partial charge in [0, 0.05) is 36.1 Å². The second-order valence-corrected chi connectivity index (χ2v) is 8.88. The van der Waals surface area contributed by atoms with Crippen molar-refractivity contribution < 1.29 is 19.1 Å². The Morgan fingerprint density at radius 1 is 1.16 bits per heavy atom. The van der Waals surface area contributed by atoms with Gasteiger partial charge in [0.1, 0.15) is 0 Å². The summed E-state index contributed by atoms with van der Waals surface area (Å²) in [6.45, 7) is 1.13. The Labute approximate surface area is 185 Å². The van der Waals surface area contributed by atoms with Crippen molar-refractivity contribution in [1.82, 2.24) is 15.2 Å². The summed E-state index contributed by atoms with van der Waals surface area (Å²) < 4.78 is 10.8. The van der Waals surface area contributed by atoms with Crippen molar-refractivity contribution in [3.63, 3.8) is 0 Å². The zero-order valence-electron chi connectivity index (χ0n) is 17.7. The number of fused-ring (bicyclic) bond motifs is 4. The lowest BCUT2D eigenvalue weighted by molar-refractivity contribution is -0.129. The Morgan fingerprint density at radius 3 is 2.97 bits per heavy atom. The maximum atomic E-state index is 13.1. The van der Waals surface area contributed by atoms with Crippen molar-refractivity contribution >= 4 is 22.7 Å². The molecular weight excluding hydrogens is 406 g/mol. The highest BCUT2D eigenvalue weighted by Crippen LogP contribution is 2.36. The number of benzene rings is 2. The molecule has 2 aliphatic heterocycles. The van der Waals surface area contributed by atoms with Crippen LogP contribution in [0.1, 0.15) is 42.1 Å². The van der Waals surface area contributed by atoms with Crippen LogP contribution in [-0.2, 0) is 22.6 Å². The number of rotatable bonds is 4. The Morgan fingerprint density at radius 2 is 2.03 bits per heavy atom. The number of nitrogens with one attached hydrogen (secondary N) is 2. The highest BCUT2D eigenvalue weighted by atomic mass is 16.7. The molecule has 6 rings (SSSR count). The predicted molar refractivity (Wildman–Crippen MR) is 118 cm³/mol. The van der Waals surface area contributed by atoms with Crippen molar-refractivity contribution in [3.8, 4) is 11.5 Å². The minimum atomic E-state index is -0.328. The van der Waals surface area contributed by atoms with E-state index in [1.165, 1.54) is 10.9 Å². The normalized spacial score (nSPS) is 21.8. The van der Waals surface area contributed by atoms with Crippen LogP contribution in [0.25, 0.3) is 10.9 Å². The van der Waals surface area contributed by atoms with Gasteiger partial charge in [-0.2, -0.15) is 0 Å². The van der Waals surface area contributed by atoms with Crippen molar-refractivity contribution in [2.45, 2.75) is 38.3 Å². The number of aromatic nitrogens is 1. The fraction of sp³-hybridized carbons (Fsp3) is 0.360. The van der Waals surface area contributed by atoms with E-state index in [2.05, 4.69) is 28.5 Å². The molecule has 2 aromatic carbocycles. The minimum Gasteiger partial charge on any atom is -0.454 e. The third-order valence-electron chi connectivity index (χ3n) is 6.83. The van der Waals surface area contributed by atoms with Crippen molar-refractivity contribution in [2.24, 2.45) is 5.92 Å². The molecule has 0 radical (unpaired) electrons. The maximum Gasteiger partial charge on any atom is 0.231 e. The summed E-state index contributed by atoms with van der Waals surface area (Å²) in [5.41, 5.74) is 4.51. The van der Waals surface area contributed by atoms with Crippen molar-refractivity contribution in [3.05, 3.63) is 59.3 Å². The standard InChI is InChI=1S/C25H25N3O4/c29-23-11-16(13-28(23)12-15-8-9-21-22(10-15)32-14-31-21)25(30)27-20-7-3-5-18-17-4-1-2-6-19(17)26-24(18)20/h1-2,4,6,8-10,16,20,26H,3,5,7,11-14H2,(H,27,30). The van der Waals surface area contributed by atoms with E-state index in [1.807, 2.05) is 24.3 Å². The van der Waals surface area contributed by atoms with Gasteiger partial charge in [-0.1, -0.05) is 24.3 Å². The first-order chi connectivity index (χ1) is 15.7. The summed E-state index contributed by atoms with van der Waals surface area (Å²) in [6, 6.07) is 14.0. The second-order valence-electron chi connectivity index (χ2n) is 8.88. The molecule has 2 atom stereocenters. The number of hydrogen-bond acceptors (Lipinski definition) is 4. The number of ether oxygens (including phenoxy) is 2. The maximum absolute atomic E-state index is 13.1. The van der Waals surface area contributed by atoms with Crippen LogP contribution >= 0.6 is 0 Å². The molecule has 3 aromatic rings. The number of carbonyl (C=O) groups excluding carboxylic acids is 2. The third-order valence-corrected chi connectivity index (χ3v) is 6.83. The van der Waals surface area contributed by atoms with Crippen LogP contribution in [0.5, 0.6) is 11.5 Å². The number of H-pyrrole nitrogens is 1. The van der Waals surface area contributed by atoms with Crippen LogP contribution in [0.2, 0.25) is 0 Å². The van der Waals surface area contributed by atoms with E-state index >= 15 is 0 Å². The highest BCUT2D eigenvalue weighted by molar-refractivity contribution is 5.90. The van der Waals surface area contributed by atoms with Gasteiger partial charge in [0.2, 0.25) is 18.6 Å². The average molecular weight is 431 g/mol. The monoisotopic (exact) mass is 431 g/mol. The molecule has 7 heteroatoms. The van der Waals surface area contributed by atoms with Crippen LogP contribution < -0.4 is 14.8 Å². The molecule has 2 amide bonds. The van der Waals surface area contributed by atoms with Gasteiger partial charge >= 0.3 is 0 Å².